The molecule has 0 aromatic heterocycles. The molecule has 3 heteroatoms. The van der Waals surface area contributed by atoms with Crippen molar-refractivity contribution in [2.45, 2.75) is 57.5 Å². The standard InChI is InChI=1S/C10H16O3/c1-9(2)12-8-7(11)5-4-6-10(8,3)13-9/h8H,4-6H2,1-3H3/t8-,10+/m1/s1. The Bertz CT molecular complexity index is 247. The highest BCUT2D eigenvalue weighted by atomic mass is 16.8. The number of Topliss-reactive ketones (excluding diaryl/α,β-unsaturated/α-hetero) is 1. The van der Waals surface area contributed by atoms with Crippen LogP contribution in [0.1, 0.15) is 40.0 Å². The van der Waals surface area contributed by atoms with Crippen LogP contribution >= 0.6 is 0 Å². The minimum Gasteiger partial charge on any atom is -0.341 e. The van der Waals surface area contributed by atoms with E-state index in [1.54, 1.807) is 0 Å². The van der Waals surface area contributed by atoms with Crippen LogP contribution in [0.3, 0.4) is 0 Å². The van der Waals surface area contributed by atoms with Crippen molar-refractivity contribution in [2.24, 2.45) is 0 Å². The molecule has 2 rings (SSSR count). The Kier molecular flexibility index (Phi) is 1.79. The highest BCUT2D eigenvalue weighted by Crippen LogP contribution is 2.42. The molecule has 0 unspecified atom stereocenters. The van der Waals surface area contributed by atoms with Crippen LogP contribution in [0.5, 0.6) is 0 Å². The average Bonchev–Trinajstić information content (AvgIpc) is 2.20. The first-order valence-corrected chi connectivity index (χ1v) is 4.84. The van der Waals surface area contributed by atoms with E-state index in [0.29, 0.717) is 6.42 Å². The second kappa shape index (κ2) is 2.55. The van der Waals surface area contributed by atoms with Crippen molar-refractivity contribution in [3.05, 3.63) is 0 Å². The summed E-state index contributed by atoms with van der Waals surface area (Å²) in [5.41, 5.74) is -0.376. The van der Waals surface area contributed by atoms with Crippen LogP contribution in [-0.2, 0) is 14.3 Å². The van der Waals surface area contributed by atoms with Crippen LogP contribution < -0.4 is 0 Å². The molecule has 13 heavy (non-hydrogen) atoms. The molecule has 1 heterocycles. The number of fused-ring (bicyclic) bond motifs is 1. The summed E-state index contributed by atoms with van der Waals surface area (Å²) in [5, 5.41) is 0. The van der Waals surface area contributed by atoms with Gasteiger partial charge < -0.3 is 9.47 Å². The molecule has 74 valence electrons. The highest BCUT2D eigenvalue weighted by Gasteiger charge is 2.54. The lowest BCUT2D eigenvalue weighted by Gasteiger charge is -2.31. The van der Waals surface area contributed by atoms with E-state index in [2.05, 4.69) is 0 Å². The summed E-state index contributed by atoms with van der Waals surface area (Å²) in [7, 11) is 0. The van der Waals surface area contributed by atoms with Crippen molar-refractivity contribution in [1.82, 2.24) is 0 Å². The van der Waals surface area contributed by atoms with E-state index in [9.17, 15) is 4.79 Å². The molecule has 0 spiro atoms. The quantitative estimate of drug-likeness (QED) is 0.574. The van der Waals surface area contributed by atoms with E-state index in [-0.39, 0.29) is 17.5 Å². The van der Waals surface area contributed by atoms with Gasteiger partial charge in [-0.25, -0.2) is 0 Å². The van der Waals surface area contributed by atoms with Crippen LogP contribution in [-0.4, -0.2) is 23.3 Å². The second-order valence-corrected chi connectivity index (χ2v) is 4.63. The Labute approximate surface area is 78.4 Å². The number of carbonyl (C=O) groups is 1. The Morgan fingerprint density at radius 1 is 1.38 bits per heavy atom. The number of hydrogen-bond donors (Lipinski definition) is 0. The van der Waals surface area contributed by atoms with Crippen LogP contribution in [0.15, 0.2) is 0 Å². The molecular formula is C10H16O3. The lowest BCUT2D eigenvalue weighted by Crippen LogP contribution is -2.45. The van der Waals surface area contributed by atoms with Crippen LogP contribution in [0.25, 0.3) is 0 Å². The largest absolute Gasteiger partial charge is 0.341 e. The van der Waals surface area contributed by atoms with E-state index in [1.807, 2.05) is 20.8 Å². The number of ether oxygens (including phenoxy) is 2. The van der Waals surface area contributed by atoms with Gasteiger partial charge in [0.25, 0.3) is 0 Å². The van der Waals surface area contributed by atoms with Gasteiger partial charge in [0.05, 0.1) is 0 Å². The molecule has 2 fully saturated rings. The Hall–Kier alpha value is -0.410. The molecule has 3 nitrogen and oxygen atoms in total. The maximum atomic E-state index is 11.6. The van der Waals surface area contributed by atoms with Crippen molar-refractivity contribution < 1.29 is 14.3 Å². The van der Waals surface area contributed by atoms with Crippen LogP contribution in [0.2, 0.25) is 0 Å². The molecule has 1 saturated carbocycles. The fourth-order valence-electron chi connectivity index (χ4n) is 2.38. The van der Waals surface area contributed by atoms with Gasteiger partial charge in [0, 0.05) is 6.42 Å². The van der Waals surface area contributed by atoms with Crippen molar-refractivity contribution >= 4 is 5.78 Å². The van der Waals surface area contributed by atoms with Crippen LogP contribution in [0, 0.1) is 0 Å². The predicted molar refractivity (Wildman–Crippen MR) is 47.3 cm³/mol. The minimum absolute atomic E-state index is 0.194. The lowest BCUT2D eigenvalue weighted by atomic mass is 9.83. The summed E-state index contributed by atoms with van der Waals surface area (Å²) >= 11 is 0. The van der Waals surface area contributed by atoms with Gasteiger partial charge in [0.1, 0.15) is 11.7 Å². The normalized spacial score (nSPS) is 43.3. The summed E-state index contributed by atoms with van der Waals surface area (Å²) in [6.45, 7) is 5.71. The first-order chi connectivity index (χ1) is 5.93. The fraction of sp³-hybridized carbons (Fsp3) is 0.900. The smallest absolute Gasteiger partial charge is 0.164 e. The summed E-state index contributed by atoms with van der Waals surface area (Å²) in [4.78, 5) is 11.6. The molecule has 2 aliphatic rings. The monoisotopic (exact) mass is 184 g/mol. The third-order valence-corrected chi connectivity index (χ3v) is 2.82. The van der Waals surface area contributed by atoms with E-state index in [1.165, 1.54) is 0 Å². The Morgan fingerprint density at radius 2 is 2.08 bits per heavy atom. The Balaban J connectivity index is 2.27. The van der Waals surface area contributed by atoms with E-state index >= 15 is 0 Å². The molecule has 1 aliphatic heterocycles. The molecule has 1 aliphatic carbocycles. The van der Waals surface area contributed by atoms with Crippen molar-refractivity contribution in [2.75, 3.05) is 0 Å². The molecule has 1 saturated heterocycles. The zero-order valence-corrected chi connectivity index (χ0v) is 8.42. The molecular weight excluding hydrogens is 168 g/mol. The average molecular weight is 184 g/mol. The summed E-state index contributed by atoms with van der Waals surface area (Å²) < 4.78 is 11.4. The molecule has 0 amide bonds. The van der Waals surface area contributed by atoms with Gasteiger partial charge in [-0.1, -0.05) is 0 Å². The zero-order valence-electron chi connectivity index (χ0n) is 8.42. The van der Waals surface area contributed by atoms with Gasteiger partial charge in [0.15, 0.2) is 11.6 Å². The van der Waals surface area contributed by atoms with Crippen molar-refractivity contribution in [3.63, 3.8) is 0 Å². The lowest BCUT2D eigenvalue weighted by molar-refractivity contribution is -0.161. The first-order valence-electron chi connectivity index (χ1n) is 4.84. The van der Waals surface area contributed by atoms with Gasteiger partial charge in [-0.3, -0.25) is 4.79 Å². The van der Waals surface area contributed by atoms with E-state index < -0.39 is 5.79 Å². The van der Waals surface area contributed by atoms with E-state index in [0.717, 1.165) is 12.8 Å². The Morgan fingerprint density at radius 3 is 2.69 bits per heavy atom. The van der Waals surface area contributed by atoms with Crippen LogP contribution in [0.4, 0.5) is 0 Å². The van der Waals surface area contributed by atoms with Gasteiger partial charge >= 0.3 is 0 Å². The molecule has 0 bridgehead atoms. The molecule has 2 atom stereocenters. The van der Waals surface area contributed by atoms with E-state index in [4.69, 9.17) is 9.47 Å². The SMILES string of the molecule is CC1(C)O[C@@H]2C(=O)CCC[C@]2(C)O1. The molecule has 0 N–H and O–H groups in total. The van der Waals surface area contributed by atoms with Crippen molar-refractivity contribution in [1.29, 1.82) is 0 Å². The third kappa shape index (κ3) is 1.40. The third-order valence-electron chi connectivity index (χ3n) is 2.82. The van der Waals surface area contributed by atoms with Gasteiger partial charge in [-0.2, -0.15) is 0 Å². The topological polar surface area (TPSA) is 35.5 Å². The number of ketones is 1. The minimum atomic E-state index is -0.598. The maximum absolute atomic E-state index is 11.6. The van der Waals surface area contributed by atoms with Crippen molar-refractivity contribution in [3.8, 4) is 0 Å². The summed E-state index contributed by atoms with van der Waals surface area (Å²) in [5.74, 6) is -0.404. The molecule has 0 radical (unpaired) electrons. The number of carbonyl (C=O) groups excluding carboxylic acids is 1. The summed E-state index contributed by atoms with van der Waals surface area (Å²) in [6.07, 6.45) is 2.15. The molecule has 0 aromatic rings. The van der Waals surface area contributed by atoms with Gasteiger partial charge in [-0.15, -0.1) is 0 Å². The highest BCUT2D eigenvalue weighted by molar-refractivity contribution is 5.85. The maximum Gasteiger partial charge on any atom is 0.164 e. The van der Waals surface area contributed by atoms with Gasteiger partial charge in [0.2, 0.25) is 0 Å². The number of rotatable bonds is 0. The first kappa shape index (κ1) is 9.16. The zero-order chi connectivity index (χ0) is 9.69. The predicted octanol–water partition coefficient (Wildman–Crippen LogP) is 1.65. The summed E-state index contributed by atoms with van der Waals surface area (Å²) in [6, 6.07) is 0. The number of hydrogen-bond acceptors (Lipinski definition) is 3. The second-order valence-electron chi connectivity index (χ2n) is 4.63. The molecule has 0 aromatic carbocycles. The van der Waals surface area contributed by atoms with Gasteiger partial charge in [-0.05, 0) is 33.6 Å². The fourth-order valence-corrected chi connectivity index (χ4v) is 2.38.